The van der Waals surface area contributed by atoms with Gasteiger partial charge in [-0.05, 0) is 44.0 Å². The van der Waals surface area contributed by atoms with Crippen molar-refractivity contribution in [2.45, 2.75) is 51.0 Å². The Morgan fingerprint density at radius 2 is 2.09 bits per heavy atom. The molecule has 2 atom stereocenters. The average Bonchev–Trinajstić information content (AvgIpc) is 3.32. The highest BCUT2D eigenvalue weighted by Gasteiger charge is 2.31. The second-order valence-electron chi connectivity index (χ2n) is 10.1. The van der Waals surface area contributed by atoms with Crippen LogP contribution in [0.5, 0.6) is 0 Å². The zero-order valence-corrected chi connectivity index (χ0v) is 20.4. The van der Waals surface area contributed by atoms with E-state index in [4.69, 9.17) is 9.84 Å². The predicted molar refractivity (Wildman–Crippen MR) is 135 cm³/mol. The molecular weight excluding hydrogens is 438 g/mol. The Kier molecular flexibility index (Phi) is 6.15. The maximum absolute atomic E-state index is 9.50. The summed E-state index contributed by atoms with van der Waals surface area (Å²) in [5, 5.41) is 18.7. The van der Waals surface area contributed by atoms with Gasteiger partial charge in [0.1, 0.15) is 6.07 Å². The van der Waals surface area contributed by atoms with Crippen LogP contribution < -0.4 is 10.2 Å². The molecule has 3 aliphatic heterocycles. The molecule has 35 heavy (non-hydrogen) atoms. The van der Waals surface area contributed by atoms with Crippen molar-refractivity contribution in [1.29, 1.82) is 5.26 Å². The van der Waals surface area contributed by atoms with Gasteiger partial charge in [0.25, 0.3) is 0 Å². The highest BCUT2D eigenvalue weighted by atomic mass is 16.5. The lowest BCUT2D eigenvalue weighted by Crippen LogP contribution is -2.52. The lowest BCUT2D eigenvalue weighted by Gasteiger charge is -2.41. The van der Waals surface area contributed by atoms with Crippen LogP contribution in [0.4, 0.5) is 5.69 Å². The summed E-state index contributed by atoms with van der Waals surface area (Å²) in [6.45, 7) is 8.95. The Hall–Kier alpha value is -2.99. The number of likely N-dealkylation sites (tertiary alicyclic amines) is 1. The number of nitrogens with one attached hydrogen (secondary N) is 1. The molecule has 5 heterocycles. The van der Waals surface area contributed by atoms with Crippen LogP contribution in [-0.4, -0.2) is 71.1 Å². The predicted octanol–water partition coefficient (Wildman–Crippen LogP) is 2.88. The van der Waals surface area contributed by atoms with E-state index >= 15 is 0 Å². The highest BCUT2D eigenvalue weighted by Crippen LogP contribution is 2.31. The molecule has 0 bridgehead atoms. The summed E-state index contributed by atoms with van der Waals surface area (Å²) in [7, 11) is 0. The summed E-state index contributed by atoms with van der Waals surface area (Å²) < 4.78 is 8.71. The SMILES string of the molecule is C[C@@H]1CN(c2ccc(C#N)c3ncccc23)C[C@H](CN2CCC(n3ncc4c3CCNC4)CC2)O1. The molecule has 0 aliphatic carbocycles. The van der Waals surface area contributed by atoms with Crippen LogP contribution in [0.2, 0.25) is 0 Å². The van der Waals surface area contributed by atoms with Gasteiger partial charge in [-0.25, -0.2) is 0 Å². The van der Waals surface area contributed by atoms with E-state index in [2.05, 4.69) is 56.1 Å². The number of piperidine rings is 1. The summed E-state index contributed by atoms with van der Waals surface area (Å²) in [4.78, 5) is 9.48. The number of hydrogen-bond acceptors (Lipinski definition) is 7. The van der Waals surface area contributed by atoms with Crippen LogP contribution >= 0.6 is 0 Å². The van der Waals surface area contributed by atoms with Gasteiger partial charge in [0.15, 0.2) is 0 Å². The molecule has 0 spiro atoms. The molecule has 2 saturated heterocycles. The van der Waals surface area contributed by atoms with Crippen LogP contribution in [0.1, 0.15) is 42.6 Å². The number of rotatable bonds is 4. The third-order valence-electron chi connectivity index (χ3n) is 7.74. The molecule has 182 valence electrons. The smallest absolute Gasteiger partial charge is 0.101 e. The topological polar surface area (TPSA) is 82.2 Å². The molecule has 0 saturated carbocycles. The van der Waals surface area contributed by atoms with E-state index in [9.17, 15) is 5.26 Å². The second-order valence-corrected chi connectivity index (χ2v) is 10.1. The summed E-state index contributed by atoms with van der Waals surface area (Å²) in [5.41, 5.74) is 5.35. The molecule has 2 fully saturated rings. The van der Waals surface area contributed by atoms with Gasteiger partial charge in [0.2, 0.25) is 0 Å². The van der Waals surface area contributed by atoms with E-state index in [0.29, 0.717) is 11.6 Å². The van der Waals surface area contributed by atoms with Crippen molar-refractivity contribution in [3.05, 3.63) is 53.5 Å². The van der Waals surface area contributed by atoms with Gasteiger partial charge in [0.05, 0.1) is 35.5 Å². The van der Waals surface area contributed by atoms with E-state index in [1.807, 2.05) is 12.1 Å². The van der Waals surface area contributed by atoms with Crippen LogP contribution in [0.15, 0.2) is 36.7 Å². The Bertz CT molecular complexity index is 1240. The average molecular weight is 472 g/mol. The Morgan fingerprint density at radius 1 is 1.20 bits per heavy atom. The van der Waals surface area contributed by atoms with E-state index in [0.717, 1.165) is 81.7 Å². The Labute approximate surface area is 206 Å². The molecule has 0 unspecified atom stereocenters. The summed E-state index contributed by atoms with van der Waals surface area (Å²) >= 11 is 0. The molecule has 2 aromatic heterocycles. The normalized spacial score (nSPS) is 23.8. The van der Waals surface area contributed by atoms with Crippen LogP contribution in [0, 0.1) is 11.3 Å². The first-order chi connectivity index (χ1) is 17.2. The first kappa shape index (κ1) is 22.5. The van der Waals surface area contributed by atoms with Gasteiger partial charge in [0, 0.05) is 80.8 Å². The van der Waals surface area contributed by atoms with Crippen molar-refractivity contribution < 1.29 is 4.74 Å². The molecule has 8 nitrogen and oxygen atoms in total. The van der Waals surface area contributed by atoms with Crippen molar-refractivity contribution >= 4 is 16.6 Å². The number of anilines is 1. The summed E-state index contributed by atoms with van der Waals surface area (Å²) in [6.07, 6.45) is 7.48. The molecule has 3 aromatic rings. The van der Waals surface area contributed by atoms with Gasteiger partial charge in [-0.2, -0.15) is 10.4 Å². The van der Waals surface area contributed by atoms with Crippen LogP contribution in [0.25, 0.3) is 10.9 Å². The molecule has 1 N–H and O–H groups in total. The molecule has 6 rings (SSSR count). The number of hydrogen-bond donors (Lipinski definition) is 1. The fourth-order valence-corrected chi connectivity index (χ4v) is 6.09. The number of fused-ring (bicyclic) bond motifs is 2. The summed E-state index contributed by atoms with van der Waals surface area (Å²) in [5.74, 6) is 0. The van der Waals surface area contributed by atoms with E-state index in [1.54, 1.807) is 6.20 Å². The summed E-state index contributed by atoms with van der Waals surface area (Å²) in [6, 6.07) is 10.8. The minimum absolute atomic E-state index is 0.151. The monoisotopic (exact) mass is 471 g/mol. The maximum Gasteiger partial charge on any atom is 0.101 e. The third-order valence-corrected chi connectivity index (χ3v) is 7.74. The molecule has 8 heteroatoms. The first-order valence-electron chi connectivity index (χ1n) is 12.9. The van der Waals surface area contributed by atoms with E-state index in [1.165, 1.54) is 11.3 Å². The number of aromatic nitrogens is 3. The van der Waals surface area contributed by atoms with Crippen molar-refractivity contribution in [3.8, 4) is 6.07 Å². The molecule has 3 aliphatic rings. The largest absolute Gasteiger partial charge is 0.370 e. The number of morpholine rings is 1. The molecule has 0 amide bonds. The molecule has 0 radical (unpaired) electrons. The lowest BCUT2D eigenvalue weighted by atomic mass is 10.0. The van der Waals surface area contributed by atoms with E-state index in [-0.39, 0.29) is 12.2 Å². The van der Waals surface area contributed by atoms with Gasteiger partial charge in [-0.15, -0.1) is 0 Å². The number of nitriles is 1. The van der Waals surface area contributed by atoms with Crippen molar-refractivity contribution in [1.82, 2.24) is 25.0 Å². The zero-order valence-electron chi connectivity index (χ0n) is 20.4. The van der Waals surface area contributed by atoms with Crippen LogP contribution in [0.3, 0.4) is 0 Å². The van der Waals surface area contributed by atoms with Gasteiger partial charge in [-0.1, -0.05) is 0 Å². The fraction of sp³-hybridized carbons (Fsp3) is 0.519. The third kappa shape index (κ3) is 4.40. The van der Waals surface area contributed by atoms with Crippen molar-refractivity contribution in [2.75, 3.05) is 44.2 Å². The Morgan fingerprint density at radius 3 is 2.94 bits per heavy atom. The molecular formula is C27H33N7O. The number of pyridine rings is 1. The number of nitrogens with zero attached hydrogens (tertiary/aromatic N) is 6. The minimum atomic E-state index is 0.151. The lowest BCUT2D eigenvalue weighted by molar-refractivity contribution is -0.0360. The van der Waals surface area contributed by atoms with Gasteiger partial charge >= 0.3 is 0 Å². The van der Waals surface area contributed by atoms with Gasteiger partial charge in [-0.3, -0.25) is 9.67 Å². The number of benzene rings is 1. The van der Waals surface area contributed by atoms with Crippen molar-refractivity contribution in [3.63, 3.8) is 0 Å². The fourth-order valence-electron chi connectivity index (χ4n) is 6.09. The maximum atomic E-state index is 9.50. The first-order valence-corrected chi connectivity index (χ1v) is 12.9. The van der Waals surface area contributed by atoms with Crippen LogP contribution in [-0.2, 0) is 17.7 Å². The quantitative estimate of drug-likeness (QED) is 0.627. The van der Waals surface area contributed by atoms with E-state index < -0.39 is 0 Å². The second kappa shape index (κ2) is 9.57. The zero-order chi connectivity index (χ0) is 23.8. The standard InChI is InChI=1S/C27H33N7O/c1-19-16-33(26-5-4-20(13-28)27-24(26)3-2-9-30-27)18-23(35-19)17-32-11-7-22(8-12-32)34-25-6-10-29-14-21(25)15-31-34/h2-5,9,15,19,22-23,29H,6-8,10-12,14,16-18H2,1H3/t19-,23+/m1/s1. The number of ether oxygens (including phenoxy) is 1. The highest BCUT2D eigenvalue weighted by molar-refractivity contribution is 5.95. The van der Waals surface area contributed by atoms with Gasteiger partial charge < -0.3 is 19.9 Å². The minimum Gasteiger partial charge on any atom is -0.370 e. The Balaban J connectivity index is 1.12. The van der Waals surface area contributed by atoms with Crippen molar-refractivity contribution in [2.24, 2.45) is 0 Å². The molecule has 1 aromatic carbocycles.